The fourth-order valence-electron chi connectivity index (χ4n) is 5.77. The first-order valence-electron chi connectivity index (χ1n) is 12.9. The van der Waals surface area contributed by atoms with Gasteiger partial charge in [0.2, 0.25) is 5.91 Å². The lowest BCUT2D eigenvalue weighted by Crippen LogP contribution is -2.59. The number of imidazole rings is 1. The van der Waals surface area contributed by atoms with Gasteiger partial charge in [0.05, 0.1) is 28.8 Å². The van der Waals surface area contributed by atoms with Crippen LogP contribution in [0.25, 0.3) is 11.0 Å². The molecule has 0 saturated carbocycles. The van der Waals surface area contributed by atoms with Gasteiger partial charge in [-0.2, -0.15) is 0 Å². The summed E-state index contributed by atoms with van der Waals surface area (Å²) in [4.78, 5) is 22.4. The molecule has 2 aliphatic heterocycles. The highest BCUT2D eigenvalue weighted by Crippen LogP contribution is 2.35. The van der Waals surface area contributed by atoms with E-state index in [0.717, 1.165) is 56.5 Å². The van der Waals surface area contributed by atoms with E-state index < -0.39 is 0 Å². The number of halogens is 2. The van der Waals surface area contributed by atoms with Gasteiger partial charge in [-0.15, -0.1) is 11.6 Å². The Bertz CT molecular complexity index is 1120. The number of anilines is 1. The molecule has 2 saturated heterocycles. The Labute approximate surface area is 217 Å². The van der Waals surface area contributed by atoms with Crippen molar-refractivity contribution in [2.45, 2.75) is 63.0 Å². The van der Waals surface area contributed by atoms with Crippen molar-refractivity contribution < 1.29 is 4.79 Å². The van der Waals surface area contributed by atoms with E-state index >= 15 is 0 Å². The molecule has 1 aliphatic carbocycles. The van der Waals surface area contributed by atoms with Crippen LogP contribution in [0.1, 0.15) is 45.6 Å². The number of benzene rings is 1. The maximum Gasteiger partial charge on any atom is 0.240 e. The molecule has 3 heterocycles. The van der Waals surface area contributed by atoms with Crippen molar-refractivity contribution in [3.05, 3.63) is 47.8 Å². The van der Waals surface area contributed by atoms with Crippen LogP contribution in [0.2, 0.25) is 0 Å². The third-order valence-electron chi connectivity index (χ3n) is 7.93. The van der Waals surface area contributed by atoms with Crippen LogP contribution in [0.15, 0.2) is 47.8 Å². The van der Waals surface area contributed by atoms with E-state index in [1.165, 1.54) is 12.1 Å². The molecule has 1 aromatic carbocycles. The number of carbonyl (C=O) groups excluding carboxylic acids is 1. The Balaban J connectivity index is 1.34. The Morgan fingerprint density at radius 3 is 2.89 bits per heavy atom. The average Bonchev–Trinajstić information content (AvgIpc) is 3.31. The second kappa shape index (κ2) is 10.5. The monoisotopic (exact) mass is 515 g/mol. The summed E-state index contributed by atoms with van der Waals surface area (Å²) in [6, 6.07) is 6.84. The Morgan fingerprint density at radius 1 is 1.29 bits per heavy atom. The van der Waals surface area contributed by atoms with E-state index in [2.05, 4.69) is 62.8 Å². The third-order valence-corrected chi connectivity index (χ3v) is 8.60. The summed E-state index contributed by atoms with van der Waals surface area (Å²) >= 11 is 12.8. The number of nitrogens with one attached hydrogen (secondary N) is 1. The largest absolute Gasteiger partial charge is 0.368 e. The molecule has 1 N–H and O–H groups in total. The number of aromatic nitrogens is 2. The molecule has 2 fully saturated rings. The number of carbonyl (C=O) groups is 1. The number of nitrogens with zero attached hydrogens (tertiary/aromatic N) is 4. The summed E-state index contributed by atoms with van der Waals surface area (Å²) < 4.78 is 2.22. The maximum absolute atomic E-state index is 13.2. The quantitative estimate of drug-likeness (QED) is 0.563. The van der Waals surface area contributed by atoms with Crippen LogP contribution in [-0.4, -0.2) is 64.0 Å². The Hall–Kier alpha value is -2.02. The summed E-state index contributed by atoms with van der Waals surface area (Å²) in [5.41, 5.74) is 3.26. The standard InChI is InChI=1S/C27H35Cl2N5O/c1-3-20-16-32(12-13-33(20)27(35)25-6-4-5-11-30-25)21-8-10-24-26(15-21)34(17-31-24)18(2)22-9-7-19(28)14-23(22)29/h7-10,14-15,17-18,20,22-23,25,30H,3-6,11-13,16H2,1-2H3/t18-,20?,22?,23?,25-/m1/s1. The van der Waals surface area contributed by atoms with E-state index in [0.29, 0.717) is 5.03 Å². The third kappa shape index (κ3) is 4.98. The summed E-state index contributed by atoms with van der Waals surface area (Å²) in [5, 5.41) is 3.96. The first-order chi connectivity index (χ1) is 17.0. The molecule has 0 radical (unpaired) electrons. The second-order valence-corrected chi connectivity index (χ2v) is 11.0. The molecule has 2 aromatic rings. The highest BCUT2D eigenvalue weighted by atomic mass is 35.5. The van der Waals surface area contributed by atoms with Crippen molar-refractivity contribution in [2.24, 2.45) is 5.92 Å². The van der Waals surface area contributed by atoms with E-state index in [-0.39, 0.29) is 35.3 Å². The van der Waals surface area contributed by atoms with Crippen LogP contribution < -0.4 is 10.2 Å². The van der Waals surface area contributed by atoms with Gasteiger partial charge in [0.15, 0.2) is 0 Å². The number of hydrogen-bond donors (Lipinski definition) is 1. The van der Waals surface area contributed by atoms with Crippen LogP contribution in [0, 0.1) is 5.92 Å². The molecule has 5 rings (SSSR count). The number of hydrogen-bond acceptors (Lipinski definition) is 4. The summed E-state index contributed by atoms with van der Waals surface area (Å²) in [7, 11) is 0. The van der Waals surface area contributed by atoms with E-state index in [1.54, 1.807) is 0 Å². The van der Waals surface area contributed by atoms with E-state index in [4.69, 9.17) is 23.2 Å². The van der Waals surface area contributed by atoms with Gasteiger partial charge >= 0.3 is 0 Å². The molecular formula is C27H35Cl2N5O. The molecule has 5 atom stereocenters. The molecule has 35 heavy (non-hydrogen) atoms. The fraction of sp³-hybridized carbons (Fsp3) is 0.556. The lowest BCUT2D eigenvalue weighted by molar-refractivity contribution is -0.136. The maximum atomic E-state index is 13.2. The minimum Gasteiger partial charge on any atom is -0.368 e. The number of fused-ring (bicyclic) bond motifs is 1. The lowest BCUT2D eigenvalue weighted by atomic mass is 9.93. The summed E-state index contributed by atoms with van der Waals surface area (Å²) in [6.07, 6.45) is 12.1. The van der Waals surface area contributed by atoms with Crippen LogP contribution in [-0.2, 0) is 4.79 Å². The molecule has 8 heteroatoms. The summed E-state index contributed by atoms with van der Waals surface area (Å²) in [5.74, 6) is 0.413. The van der Waals surface area contributed by atoms with Crippen molar-refractivity contribution >= 4 is 45.8 Å². The molecular weight excluding hydrogens is 481 g/mol. The van der Waals surface area contributed by atoms with Gasteiger partial charge < -0.3 is 19.7 Å². The SMILES string of the molecule is CCC1CN(c2ccc3ncn([C@H](C)C4C=CC(Cl)=CC4Cl)c3c2)CCN1C(=O)[C@H]1CCCCN1. The van der Waals surface area contributed by atoms with Gasteiger partial charge in [0.25, 0.3) is 0 Å². The van der Waals surface area contributed by atoms with Crippen LogP contribution in [0.3, 0.4) is 0 Å². The molecule has 1 amide bonds. The topological polar surface area (TPSA) is 53.4 Å². The van der Waals surface area contributed by atoms with E-state index in [9.17, 15) is 4.79 Å². The molecule has 3 aliphatic rings. The van der Waals surface area contributed by atoms with Crippen molar-refractivity contribution in [3.63, 3.8) is 0 Å². The minimum absolute atomic E-state index is 0.0131. The van der Waals surface area contributed by atoms with Gasteiger partial charge in [-0.05, 0) is 63.1 Å². The van der Waals surface area contributed by atoms with Crippen LogP contribution >= 0.6 is 23.2 Å². The first kappa shape index (κ1) is 24.7. The Morgan fingerprint density at radius 2 is 2.14 bits per heavy atom. The van der Waals surface area contributed by atoms with Crippen LogP contribution in [0.5, 0.6) is 0 Å². The lowest BCUT2D eigenvalue weighted by Gasteiger charge is -2.44. The van der Waals surface area contributed by atoms with Crippen molar-refractivity contribution in [1.82, 2.24) is 19.8 Å². The molecule has 1 aromatic heterocycles. The highest BCUT2D eigenvalue weighted by molar-refractivity contribution is 6.32. The zero-order valence-corrected chi connectivity index (χ0v) is 22.0. The van der Waals surface area contributed by atoms with Crippen molar-refractivity contribution in [2.75, 3.05) is 31.1 Å². The van der Waals surface area contributed by atoms with Gasteiger partial charge in [-0.25, -0.2) is 4.98 Å². The van der Waals surface area contributed by atoms with Gasteiger partial charge in [0.1, 0.15) is 0 Å². The van der Waals surface area contributed by atoms with Crippen molar-refractivity contribution in [3.8, 4) is 0 Å². The number of alkyl halides is 1. The predicted molar refractivity (Wildman–Crippen MR) is 144 cm³/mol. The second-order valence-electron chi connectivity index (χ2n) is 10.0. The van der Waals surface area contributed by atoms with Gasteiger partial charge in [-0.3, -0.25) is 4.79 Å². The molecule has 3 unspecified atom stereocenters. The fourth-order valence-corrected chi connectivity index (χ4v) is 6.47. The van der Waals surface area contributed by atoms with Crippen molar-refractivity contribution in [1.29, 1.82) is 0 Å². The molecule has 0 spiro atoms. The first-order valence-corrected chi connectivity index (χ1v) is 13.7. The molecule has 6 nitrogen and oxygen atoms in total. The van der Waals surface area contributed by atoms with Gasteiger partial charge in [0, 0.05) is 48.4 Å². The number of rotatable bonds is 5. The molecule has 0 bridgehead atoms. The number of piperidine rings is 1. The zero-order valence-electron chi connectivity index (χ0n) is 20.5. The summed E-state index contributed by atoms with van der Waals surface area (Å²) in [6.45, 7) is 7.76. The minimum atomic E-state index is -0.155. The predicted octanol–water partition coefficient (Wildman–Crippen LogP) is 5.08. The normalized spacial score (nSPS) is 28.3. The van der Waals surface area contributed by atoms with Gasteiger partial charge in [-0.1, -0.05) is 31.0 Å². The highest BCUT2D eigenvalue weighted by Gasteiger charge is 2.34. The van der Waals surface area contributed by atoms with E-state index in [1.807, 2.05) is 18.5 Å². The number of amides is 1. The number of allylic oxidation sites excluding steroid dienone is 4. The Kier molecular flexibility index (Phi) is 7.42. The average molecular weight is 517 g/mol. The smallest absolute Gasteiger partial charge is 0.240 e. The van der Waals surface area contributed by atoms with Crippen LogP contribution in [0.4, 0.5) is 5.69 Å². The molecule has 188 valence electrons. The number of piperazine rings is 1. The zero-order chi connectivity index (χ0) is 24.5.